The van der Waals surface area contributed by atoms with Crippen LogP contribution in [0.1, 0.15) is 56.0 Å². The number of halogens is 2. The molecule has 0 bridgehead atoms. The summed E-state index contributed by atoms with van der Waals surface area (Å²) in [6.45, 7) is 0. The van der Waals surface area contributed by atoms with Crippen molar-refractivity contribution in [2.75, 3.05) is 0 Å². The van der Waals surface area contributed by atoms with Crippen LogP contribution in [0.2, 0.25) is 0 Å². The summed E-state index contributed by atoms with van der Waals surface area (Å²) < 4.78 is 27.4. The molecule has 2 N–H and O–H groups in total. The van der Waals surface area contributed by atoms with Crippen molar-refractivity contribution in [1.29, 1.82) is 0 Å². The summed E-state index contributed by atoms with van der Waals surface area (Å²) in [7, 11) is 0. The van der Waals surface area contributed by atoms with Gasteiger partial charge in [0.25, 0.3) is 6.43 Å². The lowest BCUT2D eigenvalue weighted by Crippen LogP contribution is -2.19. The fourth-order valence-corrected chi connectivity index (χ4v) is 2.42. The van der Waals surface area contributed by atoms with Gasteiger partial charge in [0, 0.05) is 0 Å². The topological polar surface area (TPSA) is 56.7 Å². The highest BCUT2D eigenvalue weighted by Gasteiger charge is 2.28. The number of thiocarbonyl (C=S) groups is 1. The van der Waals surface area contributed by atoms with Crippen LogP contribution in [0.15, 0.2) is 0 Å². The molecule has 1 aliphatic rings. The third kappa shape index (κ3) is 2.43. The second-order valence-electron chi connectivity index (χ2n) is 4.22. The number of hydrogen-bond donors (Lipinski definition) is 1. The molecule has 0 spiro atoms. The molecule has 0 atom stereocenters. The first-order valence-electron chi connectivity index (χ1n) is 5.64. The van der Waals surface area contributed by atoms with Crippen LogP contribution in [0.5, 0.6) is 0 Å². The first-order chi connectivity index (χ1) is 8.11. The Kier molecular flexibility index (Phi) is 3.66. The van der Waals surface area contributed by atoms with Crippen LogP contribution in [0, 0.1) is 0 Å². The standard InChI is InChI=1S/C10H14F2N4S/c11-9(12)8-7(10(13)17)14-15-16(8)6-4-2-1-3-5-6/h6,9H,1-5H2,(H2,13,17). The van der Waals surface area contributed by atoms with Gasteiger partial charge in [-0.3, -0.25) is 0 Å². The summed E-state index contributed by atoms with van der Waals surface area (Å²) in [4.78, 5) is -0.123. The summed E-state index contributed by atoms with van der Waals surface area (Å²) in [5.41, 5.74) is 5.10. The van der Waals surface area contributed by atoms with Crippen molar-refractivity contribution in [3.05, 3.63) is 11.4 Å². The Morgan fingerprint density at radius 2 is 2.00 bits per heavy atom. The number of nitrogens with zero attached hydrogens (tertiary/aromatic N) is 3. The van der Waals surface area contributed by atoms with Gasteiger partial charge in [0.2, 0.25) is 0 Å². The van der Waals surface area contributed by atoms with Gasteiger partial charge >= 0.3 is 0 Å². The Bertz CT molecular complexity index is 412. The zero-order chi connectivity index (χ0) is 12.4. The summed E-state index contributed by atoms with van der Waals surface area (Å²) in [5.74, 6) is 0. The van der Waals surface area contributed by atoms with E-state index in [-0.39, 0.29) is 22.4 Å². The van der Waals surface area contributed by atoms with Gasteiger partial charge in [-0.25, -0.2) is 13.5 Å². The molecule has 7 heteroatoms. The summed E-state index contributed by atoms with van der Waals surface area (Å²) in [5, 5.41) is 7.48. The third-order valence-corrected chi connectivity index (χ3v) is 3.28. The predicted molar refractivity (Wildman–Crippen MR) is 63.0 cm³/mol. The maximum atomic E-state index is 13.0. The quantitative estimate of drug-likeness (QED) is 0.848. The molecule has 0 aliphatic heterocycles. The van der Waals surface area contributed by atoms with Crippen molar-refractivity contribution in [2.45, 2.75) is 44.6 Å². The van der Waals surface area contributed by atoms with Crippen LogP contribution in [-0.4, -0.2) is 20.0 Å². The lowest BCUT2D eigenvalue weighted by atomic mass is 9.95. The minimum Gasteiger partial charge on any atom is -0.388 e. The van der Waals surface area contributed by atoms with Crippen molar-refractivity contribution < 1.29 is 8.78 Å². The van der Waals surface area contributed by atoms with Gasteiger partial charge in [-0.05, 0) is 12.8 Å². The maximum absolute atomic E-state index is 13.0. The molecule has 0 radical (unpaired) electrons. The van der Waals surface area contributed by atoms with E-state index in [0.717, 1.165) is 32.1 Å². The molecule has 1 saturated carbocycles. The number of alkyl halides is 2. The van der Waals surface area contributed by atoms with Gasteiger partial charge in [-0.15, -0.1) is 5.10 Å². The molecule has 0 amide bonds. The molecule has 0 saturated heterocycles. The van der Waals surface area contributed by atoms with Crippen LogP contribution in [-0.2, 0) is 0 Å². The molecule has 1 heterocycles. The normalized spacial score (nSPS) is 17.6. The highest BCUT2D eigenvalue weighted by molar-refractivity contribution is 7.80. The average molecular weight is 260 g/mol. The maximum Gasteiger partial charge on any atom is 0.282 e. The highest BCUT2D eigenvalue weighted by atomic mass is 32.1. The Balaban J connectivity index is 2.35. The molecule has 2 rings (SSSR count). The van der Waals surface area contributed by atoms with Gasteiger partial charge in [0.1, 0.15) is 16.4 Å². The molecule has 0 unspecified atom stereocenters. The van der Waals surface area contributed by atoms with Gasteiger partial charge in [0.15, 0.2) is 0 Å². The third-order valence-electron chi connectivity index (χ3n) is 3.09. The number of nitrogens with two attached hydrogens (primary N) is 1. The van der Waals surface area contributed by atoms with E-state index in [1.807, 2.05) is 0 Å². The lowest BCUT2D eigenvalue weighted by Gasteiger charge is -2.23. The molecule has 1 fully saturated rings. The van der Waals surface area contributed by atoms with Crippen molar-refractivity contribution in [2.24, 2.45) is 5.73 Å². The van der Waals surface area contributed by atoms with Crippen molar-refractivity contribution in [3.8, 4) is 0 Å². The fraction of sp³-hybridized carbons (Fsp3) is 0.700. The largest absolute Gasteiger partial charge is 0.388 e. The summed E-state index contributed by atoms with van der Waals surface area (Å²) in [6, 6.07) is 0.00310. The van der Waals surface area contributed by atoms with E-state index < -0.39 is 6.43 Å². The zero-order valence-electron chi connectivity index (χ0n) is 9.27. The number of aromatic nitrogens is 3. The molecule has 4 nitrogen and oxygen atoms in total. The molecule has 17 heavy (non-hydrogen) atoms. The minimum atomic E-state index is -2.65. The van der Waals surface area contributed by atoms with Gasteiger partial charge < -0.3 is 5.73 Å². The van der Waals surface area contributed by atoms with E-state index in [4.69, 9.17) is 18.0 Å². The highest BCUT2D eigenvalue weighted by Crippen LogP contribution is 2.32. The van der Waals surface area contributed by atoms with E-state index in [1.54, 1.807) is 0 Å². The zero-order valence-corrected chi connectivity index (χ0v) is 10.1. The molecule has 1 aromatic rings. The molecule has 1 aliphatic carbocycles. The smallest absolute Gasteiger partial charge is 0.282 e. The molecular weight excluding hydrogens is 246 g/mol. The van der Waals surface area contributed by atoms with Gasteiger partial charge in [-0.1, -0.05) is 36.7 Å². The Morgan fingerprint density at radius 1 is 1.35 bits per heavy atom. The van der Waals surface area contributed by atoms with Crippen molar-refractivity contribution >= 4 is 17.2 Å². The molecule has 1 aromatic heterocycles. The van der Waals surface area contributed by atoms with Crippen LogP contribution >= 0.6 is 12.2 Å². The first kappa shape index (κ1) is 12.3. The minimum absolute atomic E-state index is 0.00310. The summed E-state index contributed by atoms with van der Waals surface area (Å²) >= 11 is 4.71. The molecule has 0 aromatic carbocycles. The van der Waals surface area contributed by atoms with Crippen molar-refractivity contribution in [3.63, 3.8) is 0 Å². The van der Waals surface area contributed by atoms with Crippen LogP contribution in [0.4, 0.5) is 8.78 Å². The van der Waals surface area contributed by atoms with Crippen LogP contribution < -0.4 is 5.73 Å². The second kappa shape index (κ2) is 5.03. The Labute approximate surface area is 103 Å². The number of hydrogen-bond acceptors (Lipinski definition) is 3. The second-order valence-corrected chi connectivity index (χ2v) is 4.66. The van der Waals surface area contributed by atoms with Crippen LogP contribution in [0.3, 0.4) is 0 Å². The van der Waals surface area contributed by atoms with E-state index in [0.29, 0.717) is 0 Å². The summed E-state index contributed by atoms with van der Waals surface area (Å²) in [6.07, 6.45) is 2.30. The lowest BCUT2D eigenvalue weighted by molar-refractivity contribution is 0.132. The average Bonchev–Trinajstić information content (AvgIpc) is 2.74. The van der Waals surface area contributed by atoms with E-state index in [2.05, 4.69) is 10.3 Å². The van der Waals surface area contributed by atoms with Crippen molar-refractivity contribution in [1.82, 2.24) is 15.0 Å². The fourth-order valence-electron chi connectivity index (χ4n) is 2.27. The monoisotopic (exact) mass is 260 g/mol. The Morgan fingerprint density at radius 3 is 2.53 bits per heavy atom. The number of rotatable bonds is 3. The first-order valence-corrected chi connectivity index (χ1v) is 6.05. The molecule has 94 valence electrons. The van der Waals surface area contributed by atoms with Crippen LogP contribution in [0.25, 0.3) is 0 Å². The SMILES string of the molecule is NC(=S)c1nnn(C2CCCCC2)c1C(F)F. The molecular formula is C10H14F2N4S. The van der Waals surface area contributed by atoms with Gasteiger partial charge in [0.05, 0.1) is 6.04 Å². The van der Waals surface area contributed by atoms with E-state index in [1.165, 1.54) is 4.68 Å². The van der Waals surface area contributed by atoms with E-state index in [9.17, 15) is 8.78 Å². The Hall–Kier alpha value is -1.11. The predicted octanol–water partition coefficient (Wildman–Crippen LogP) is 2.36. The van der Waals surface area contributed by atoms with Gasteiger partial charge in [-0.2, -0.15) is 0 Å². The van der Waals surface area contributed by atoms with E-state index >= 15 is 0 Å².